The molecule has 1 saturated heterocycles. The highest BCUT2D eigenvalue weighted by Crippen LogP contribution is 2.47. The molecule has 1 aliphatic heterocycles. The van der Waals surface area contributed by atoms with Gasteiger partial charge in [0.2, 0.25) is 0 Å². The molecule has 1 saturated carbocycles. The summed E-state index contributed by atoms with van der Waals surface area (Å²) in [5.74, 6) is -0.802. The second-order valence-corrected chi connectivity index (χ2v) is 9.01. The van der Waals surface area contributed by atoms with E-state index >= 15 is 4.39 Å². The van der Waals surface area contributed by atoms with Crippen molar-refractivity contribution in [2.24, 2.45) is 17.3 Å². The fourth-order valence-electron chi connectivity index (χ4n) is 4.28. The number of hydrogen-bond donors (Lipinski definition) is 2. The van der Waals surface area contributed by atoms with Crippen molar-refractivity contribution >= 4 is 5.97 Å². The number of alkyl halides is 1. The second kappa shape index (κ2) is 10.6. The third-order valence-corrected chi connectivity index (χ3v) is 6.34. The largest absolute Gasteiger partial charge is 0.491 e. The molecular weight excluding hydrogens is 375 g/mol. The minimum absolute atomic E-state index is 0.262. The van der Waals surface area contributed by atoms with E-state index in [1.807, 2.05) is 13.8 Å². The molecule has 2 fully saturated rings. The van der Waals surface area contributed by atoms with E-state index < -0.39 is 24.3 Å². The van der Waals surface area contributed by atoms with Crippen LogP contribution in [-0.2, 0) is 14.3 Å². The van der Waals surface area contributed by atoms with E-state index in [1.54, 1.807) is 18.2 Å². The molecule has 0 spiro atoms. The first-order valence-electron chi connectivity index (χ1n) is 10.8. The molecule has 0 aromatic rings. The number of aliphatic hydroxyl groups is 2. The number of hydrogen-bond acceptors (Lipinski definition) is 5. The number of carbonyl (C=O) groups excluding carboxylic acids is 1. The van der Waals surface area contributed by atoms with Gasteiger partial charge in [-0.15, -0.1) is 0 Å². The van der Waals surface area contributed by atoms with E-state index in [9.17, 15) is 15.0 Å². The quantitative estimate of drug-likeness (QED) is 0.321. The molecule has 5 nitrogen and oxygen atoms in total. The topological polar surface area (TPSA) is 76.0 Å². The summed E-state index contributed by atoms with van der Waals surface area (Å²) in [6.45, 7) is 6.17. The second-order valence-electron chi connectivity index (χ2n) is 9.01. The Morgan fingerprint density at radius 1 is 1.41 bits per heavy atom. The predicted octanol–water partition coefficient (Wildman–Crippen LogP) is 4.08. The van der Waals surface area contributed by atoms with Crippen LogP contribution < -0.4 is 0 Å². The molecule has 0 aromatic carbocycles. The van der Waals surface area contributed by atoms with E-state index in [2.05, 4.69) is 11.7 Å². The summed E-state index contributed by atoms with van der Waals surface area (Å²) in [4.78, 5) is 11.2. The minimum atomic E-state index is -1.28. The predicted molar refractivity (Wildman–Crippen MR) is 110 cm³/mol. The van der Waals surface area contributed by atoms with Gasteiger partial charge in [0, 0.05) is 24.7 Å². The highest BCUT2D eigenvalue weighted by atomic mass is 19.1. The Kier molecular flexibility index (Phi) is 8.71. The van der Waals surface area contributed by atoms with Gasteiger partial charge in [-0.25, -0.2) is 4.39 Å². The van der Waals surface area contributed by atoms with Crippen LogP contribution in [-0.4, -0.2) is 47.8 Å². The Hall–Kier alpha value is -1.40. The summed E-state index contributed by atoms with van der Waals surface area (Å²) in [6.07, 6.45) is 7.06. The molecule has 29 heavy (non-hydrogen) atoms. The number of methoxy groups -OCH3 is 1. The molecule has 2 aliphatic rings. The third-order valence-electron chi connectivity index (χ3n) is 6.34. The lowest BCUT2D eigenvalue weighted by atomic mass is 9.80. The van der Waals surface area contributed by atoms with Crippen molar-refractivity contribution in [2.75, 3.05) is 7.11 Å². The maximum atomic E-state index is 15.1. The molecule has 0 radical (unpaired) electrons. The molecule has 1 heterocycles. The molecule has 0 bridgehead atoms. The van der Waals surface area contributed by atoms with Crippen LogP contribution in [0.2, 0.25) is 0 Å². The van der Waals surface area contributed by atoms with Crippen LogP contribution in [0.1, 0.15) is 65.7 Å². The summed E-state index contributed by atoms with van der Waals surface area (Å²) in [6, 6.07) is 0. The van der Waals surface area contributed by atoms with E-state index in [4.69, 9.17) is 4.74 Å². The SMILES string of the molecule is CCCCC(C)(C)[C@H](O)C=C[C@@H]1[C@H]2[C@H](F)C(=CCCCC(=O)OC)O[C@@H]2C[C@H]1O. The van der Waals surface area contributed by atoms with Crippen molar-refractivity contribution in [2.45, 2.75) is 90.2 Å². The minimum Gasteiger partial charge on any atom is -0.491 e. The number of fused-ring (bicyclic) bond motifs is 1. The number of unbranched alkanes of at least 4 members (excludes halogenated alkanes) is 2. The molecule has 6 heteroatoms. The first-order chi connectivity index (χ1) is 13.7. The van der Waals surface area contributed by atoms with Gasteiger partial charge in [0.25, 0.3) is 0 Å². The lowest BCUT2D eigenvalue weighted by molar-refractivity contribution is -0.140. The average molecular weight is 413 g/mol. The number of carbonyl (C=O) groups is 1. The Morgan fingerprint density at radius 2 is 2.14 bits per heavy atom. The third kappa shape index (κ3) is 6.05. The number of allylic oxidation sites excluding steroid dienone is 2. The van der Waals surface area contributed by atoms with Crippen molar-refractivity contribution in [3.8, 4) is 0 Å². The molecule has 166 valence electrons. The van der Waals surface area contributed by atoms with Crippen LogP contribution in [0.5, 0.6) is 0 Å². The Labute approximate surface area is 174 Å². The van der Waals surface area contributed by atoms with Gasteiger partial charge in [0.1, 0.15) is 11.9 Å². The zero-order valence-corrected chi connectivity index (χ0v) is 18.1. The number of esters is 1. The standard InChI is InChI=1S/C23H37FO5/c1-5-6-13-23(2,3)19(26)12-11-15-16(25)14-18-21(15)22(24)17(29-18)9-7-8-10-20(27)28-4/h9,11-12,15-16,18-19,21-22,25-26H,5-8,10,13-14H2,1-4H3/t15-,16+,18+,19+,21+,22+/m0/s1. The first kappa shape index (κ1) is 23.9. The monoisotopic (exact) mass is 412 g/mol. The van der Waals surface area contributed by atoms with E-state index in [0.717, 1.165) is 19.3 Å². The van der Waals surface area contributed by atoms with Gasteiger partial charge in [0.15, 0.2) is 6.17 Å². The summed E-state index contributed by atoms with van der Waals surface area (Å²) in [7, 11) is 1.35. The molecule has 0 unspecified atom stereocenters. The average Bonchev–Trinajstić information content (AvgIpc) is 3.16. The van der Waals surface area contributed by atoms with Crippen LogP contribution in [0.25, 0.3) is 0 Å². The Balaban J connectivity index is 1.98. The highest BCUT2D eigenvalue weighted by Gasteiger charge is 2.53. The van der Waals surface area contributed by atoms with Crippen molar-refractivity contribution in [3.05, 3.63) is 24.0 Å². The number of rotatable bonds is 10. The van der Waals surface area contributed by atoms with E-state index in [-0.39, 0.29) is 23.4 Å². The van der Waals surface area contributed by atoms with Gasteiger partial charge in [-0.3, -0.25) is 4.79 Å². The van der Waals surface area contributed by atoms with Crippen LogP contribution in [0.15, 0.2) is 24.0 Å². The lowest BCUT2D eigenvalue weighted by Gasteiger charge is -2.29. The first-order valence-corrected chi connectivity index (χ1v) is 10.8. The fourth-order valence-corrected chi connectivity index (χ4v) is 4.28. The van der Waals surface area contributed by atoms with Crippen molar-refractivity contribution in [3.63, 3.8) is 0 Å². The van der Waals surface area contributed by atoms with Gasteiger partial charge >= 0.3 is 5.97 Å². The highest BCUT2D eigenvalue weighted by molar-refractivity contribution is 5.69. The van der Waals surface area contributed by atoms with Crippen molar-refractivity contribution in [1.82, 2.24) is 0 Å². The van der Waals surface area contributed by atoms with E-state index in [1.165, 1.54) is 7.11 Å². The summed E-state index contributed by atoms with van der Waals surface area (Å²) >= 11 is 0. The number of ether oxygens (including phenoxy) is 2. The maximum absolute atomic E-state index is 15.1. The van der Waals surface area contributed by atoms with Gasteiger partial charge in [0.05, 0.1) is 19.3 Å². The van der Waals surface area contributed by atoms with Gasteiger partial charge in [-0.2, -0.15) is 0 Å². The lowest BCUT2D eigenvalue weighted by Crippen LogP contribution is -2.29. The Bertz CT molecular complexity index is 600. The molecule has 1 aliphatic carbocycles. The number of aliphatic hydroxyl groups excluding tert-OH is 2. The maximum Gasteiger partial charge on any atom is 0.305 e. The van der Waals surface area contributed by atoms with Gasteiger partial charge in [-0.05, 0) is 30.8 Å². The molecular formula is C23H37FO5. The van der Waals surface area contributed by atoms with Crippen LogP contribution >= 0.6 is 0 Å². The van der Waals surface area contributed by atoms with Crippen molar-refractivity contribution in [1.29, 1.82) is 0 Å². The molecule has 0 aromatic heterocycles. The van der Waals surface area contributed by atoms with Crippen molar-refractivity contribution < 1.29 is 28.9 Å². The van der Waals surface area contributed by atoms with Crippen LogP contribution in [0.4, 0.5) is 4.39 Å². The molecule has 6 atom stereocenters. The van der Waals surface area contributed by atoms with E-state index in [0.29, 0.717) is 31.4 Å². The fraction of sp³-hybridized carbons (Fsp3) is 0.783. The normalized spacial score (nSPS) is 31.8. The zero-order valence-electron chi connectivity index (χ0n) is 18.1. The van der Waals surface area contributed by atoms with Crippen LogP contribution in [0, 0.1) is 17.3 Å². The van der Waals surface area contributed by atoms with Gasteiger partial charge < -0.3 is 19.7 Å². The Morgan fingerprint density at radius 3 is 2.79 bits per heavy atom. The summed E-state index contributed by atoms with van der Waals surface area (Å²) < 4.78 is 25.4. The summed E-state index contributed by atoms with van der Waals surface area (Å²) in [5, 5.41) is 21.0. The van der Waals surface area contributed by atoms with Crippen LogP contribution in [0.3, 0.4) is 0 Å². The molecule has 2 N–H and O–H groups in total. The number of halogens is 1. The zero-order chi connectivity index (χ0) is 21.6. The summed E-state index contributed by atoms with van der Waals surface area (Å²) in [5.41, 5.74) is -0.262. The molecule has 0 amide bonds. The van der Waals surface area contributed by atoms with Gasteiger partial charge in [-0.1, -0.05) is 45.8 Å². The smallest absolute Gasteiger partial charge is 0.305 e. The molecule has 2 rings (SSSR count).